The van der Waals surface area contributed by atoms with Crippen molar-refractivity contribution in [3.05, 3.63) is 29.8 Å². The number of nitrogens with one attached hydrogen (secondary N) is 2. The highest BCUT2D eigenvalue weighted by Crippen LogP contribution is 2.10. The summed E-state index contributed by atoms with van der Waals surface area (Å²) in [4.78, 5) is 22.2. The average molecular weight is 314 g/mol. The summed E-state index contributed by atoms with van der Waals surface area (Å²) in [5.74, 6) is -1.18. The van der Waals surface area contributed by atoms with E-state index in [2.05, 4.69) is 10.0 Å². The summed E-state index contributed by atoms with van der Waals surface area (Å²) in [7, 11) is -2.20. The largest absolute Gasteiger partial charge is 0.481 e. The molecule has 1 aromatic carbocycles. The first-order chi connectivity index (χ1) is 9.86. The van der Waals surface area contributed by atoms with Crippen LogP contribution in [0.1, 0.15) is 29.6 Å². The normalized spacial score (nSPS) is 11.1. The van der Waals surface area contributed by atoms with Crippen LogP contribution in [0, 0.1) is 0 Å². The van der Waals surface area contributed by atoms with Gasteiger partial charge in [0.25, 0.3) is 5.91 Å². The summed E-state index contributed by atoms with van der Waals surface area (Å²) < 4.78 is 25.2. The van der Waals surface area contributed by atoms with Crippen LogP contribution in [0.2, 0.25) is 0 Å². The van der Waals surface area contributed by atoms with Gasteiger partial charge in [-0.25, -0.2) is 13.1 Å². The van der Waals surface area contributed by atoms with Gasteiger partial charge in [-0.15, -0.1) is 0 Å². The summed E-state index contributed by atoms with van der Waals surface area (Å²) in [6.45, 7) is 0.378. The van der Waals surface area contributed by atoms with Crippen molar-refractivity contribution in [2.24, 2.45) is 0 Å². The molecule has 0 bridgehead atoms. The Balaban J connectivity index is 2.50. The van der Waals surface area contributed by atoms with Gasteiger partial charge in [-0.3, -0.25) is 9.59 Å². The number of sulfonamides is 1. The molecule has 7 nitrogen and oxygen atoms in total. The Bertz CT molecular complexity index is 595. The van der Waals surface area contributed by atoms with Crippen molar-refractivity contribution in [2.75, 3.05) is 13.6 Å². The maximum absolute atomic E-state index is 11.8. The number of hydrogen-bond donors (Lipinski definition) is 3. The van der Waals surface area contributed by atoms with Crippen LogP contribution in [0.4, 0.5) is 0 Å². The van der Waals surface area contributed by atoms with Crippen molar-refractivity contribution in [2.45, 2.75) is 24.2 Å². The third-order valence-electron chi connectivity index (χ3n) is 2.80. The van der Waals surface area contributed by atoms with E-state index in [9.17, 15) is 18.0 Å². The van der Waals surface area contributed by atoms with Crippen LogP contribution >= 0.6 is 0 Å². The molecule has 0 unspecified atom stereocenters. The van der Waals surface area contributed by atoms with Crippen LogP contribution in [0.5, 0.6) is 0 Å². The Kier molecular flexibility index (Phi) is 6.32. The maximum Gasteiger partial charge on any atom is 0.303 e. The number of amides is 1. The summed E-state index contributed by atoms with van der Waals surface area (Å²) in [5.41, 5.74) is 0.350. The Morgan fingerprint density at radius 3 is 2.29 bits per heavy atom. The fourth-order valence-corrected chi connectivity index (χ4v) is 2.34. The lowest BCUT2D eigenvalue weighted by atomic mass is 10.2. The zero-order valence-electron chi connectivity index (χ0n) is 11.6. The van der Waals surface area contributed by atoms with Gasteiger partial charge in [0.1, 0.15) is 0 Å². The summed E-state index contributed by atoms with van der Waals surface area (Å²) in [6, 6.07) is 5.56. The second kappa shape index (κ2) is 7.75. The number of unbranched alkanes of at least 4 members (excludes halogenated alkanes) is 1. The second-order valence-corrected chi connectivity index (χ2v) is 6.23. The van der Waals surface area contributed by atoms with E-state index in [0.717, 1.165) is 0 Å². The molecule has 3 N–H and O–H groups in total. The van der Waals surface area contributed by atoms with Crippen molar-refractivity contribution >= 4 is 21.9 Å². The molecular formula is C13H18N2O5S. The van der Waals surface area contributed by atoms with Gasteiger partial charge in [0.2, 0.25) is 10.0 Å². The van der Waals surface area contributed by atoms with Crippen molar-refractivity contribution in [1.82, 2.24) is 10.0 Å². The predicted octanol–water partition coefficient (Wildman–Crippen LogP) is 0.579. The number of carboxylic acids is 1. The molecule has 0 aliphatic rings. The number of carboxylic acid groups (broad SMARTS) is 1. The van der Waals surface area contributed by atoms with Gasteiger partial charge < -0.3 is 10.4 Å². The zero-order valence-corrected chi connectivity index (χ0v) is 12.4. The van der Waals surface area contributed by atoms with Crippen molar-refractivity contribution in [3.63, 3.8) is 0 Å². The molecule has 0 aliphatic heterocycles. The van der Waals surface area contributed by atoms with Gasteiger partial charge in [0.05, 0.1) is 4.90 Å². The van der Waals surface area contributed by atoms with Gasteiger partial charge in [0.15, 0.2) is 0 Å². The first kappa shape index (κ1) is 17.1. The lowest BCUT2D eigenvalue weighted by Gasteiger charge is -2.06. The molecule has 1 amide bonds. The molecule has 0 spiro atoms. The van der Waals surface area contributed by atoms with E-state index in [1.165, 1.54) is 31.3 Å². The third-order valence-corrected chi connectivity index (χ3v) is 4.23. The average Bonchev–Trinajstić information content (AvgIpc) is 2.46. The minimum Gasteiger partial charge on any atom is -0.481 e. The molecular weight excluding hydrogens is 296 g/mol. The monoisotopic (exact) mass is 314 g/mol. The Morgan fingerprint density at radius 2 is 1.76 bits per heavy atom. The van der Waals surface area contributed by atoms with E-state index in [-0.39, 0.29) is 17.2 Å². The van der Waals surface area contributed by atoms with E-state index in [4.69, 9.17) is 5.11 Å². The van der Waals surface area contributed by atoms with Crippen molar-refractivity contribution < 1.29 is 23.1 Å². The number of benzene rings is 1. The molecule has 0 heterocycles. The highest BCUT2D eigenvalue weighted by Gasteiger charge is 2.12. The summed E-state index contributed by atoms with van der Waals surface area (Å²) in [5, 5.41) is 11.1. The third kappa shape index (κ3) is 5.52. The molecule has 0 aromatic heterocycles. The van der Waals surface area contributed by atoms with Gasteiger partial charge in [-0.05, 0) is 44.2 Å². The Morgan fingerprint density at radius 1 is 1.14 bits per heavy atom. The molecule has 0 saturated heterocycles. The predicted molar refractivity (Wildman–Crippen MR) is 76.5 cm³/mol. The van der Waals surface area contributed by atoms with Crippen LogP contribution < -0.4 is 10.0 Å². The SMILES string of the molecule is CNS(=O)(=O)c1ccc(C(=O)NCCCCC(=O)O)cc1. The maximum atomic E-state index is 11.8. The van der Waals surface area contributed by atoms with E-state index in [0.29, 0.717) is 24.9 Å². The number of aliphatic carboxylic acids is 1. The fraction of sp³-hybridized carbons (Fsp3) is 0.385. The molecule has 0 radical (unpaired) electrons. The molecule has 1 rings (SSSR count). The van der Waals surface area contributed by atoms with Crippen LogP contribution in [0.15, 0.2) is 29.2 Å². The number of carbonyl (C=O) groups excluding carboxylic acids is 1. The zero-order chi connectivity index (χ0) is 15.9. The summed E-state index contributed by atoms with van der Waals surface area (Å²) in [6.07, 6.45) is 1.14. The van der Waals surface area contributed by atoms with Crippen LogP contribution in [-0.4, -0.2) is 39.0 Å². The minimum atomic E-state index is -3.51. The second-order valence-electron chi connectivity index (χ2n) is 4.34. The Labute approximate surface area is 123 Å². The summed E-state index contributed by atoms with van der Waals surface area (Å²) >= 11 is 0. The molecule has 8 heteroatoms. The standard InChI is InChI=1S/C13H18N2O5S/c1-14-21(19,20)11-7-5-10(6-8-11)13(18)15-9-3-2-4-12(16)17/h5-8,14H,2-4,9H2,1H3,(H,15,18)(H,16,17). The van der Waals surface area contributed by atoms with E-state index in [1.807, 2.05) is 0 Å². The molecule has 21 heavy (non-hydrogen) atoms. The molecule has 1 aromatic rings. The highest BCUT2D eigenvalue weighted by molar-refractivity contribution is 7.89. The van der Waals surface area contributed by atoms with Crippen LogP contribution in [0.3, 0.4) is 0 Å². The van der Waals surface area contributed by atoms with Gasteiger partial charge in [-0.1, -0.05) is 0 Å². The van der Waals surface area contributed by atoms with Gasteiger partial charge in [-0.2, -0.15) is 0 Å². The fourth-order valence-electron chi connectivity index (χ4n) is 1.61. The lowest BCUT2D eigenvalue weighted by molar-refractivity contribution is -0.137. The van der Waals surface area contributed by atoms with Crippen LogP contribution in [0.25, 0.3) is 0 Å². The topological polar surface area (TPSA) is 113 Å². The van der Waals surface area contributed by atoms with Gasteiger partial charge >= 0.3 is 5.97 Å². The number of carbonyl (C=O) groups is 2. The van der Waals surface area contributed by atoms with E-state index < -0.39 is 16.0 Å². The molecule has 0 aliphatic carbocycles. The van der Waals surface area contributed by atoms with Crippen molar-refractivity contribution in [1.29, 1.82) is 0 Å². The first-order valence-corrected chi connectivity index (χ1v) is 7.89. The number of hydrogen-bond acceptors (Lipinski definition) is 4. The molecule has 0 fully saturated rings. The minimum absolute atomic E-state index is 0.0758. The lowest BCUT2D eigenvalue weighted by Crippen LogP contribution is -2.24. The Hall–Kier alpha value is -1.93. The quantitative estimate of drug-likeness (QED) is 0.608. The first-order valence-electron chi connectivity index (χ1n) is 6.40. The van der Waals surface area contributed by atoms with E-state index >= 15 is 0 Å². The smallest absolute Gasteiger partial charge is 0.303 e. The number of rotatable bonds is 8. The van der Waals surface area contributed by atoms with Gasteiger partial charge in [0, 0.05) is 18.5 Å². The molecule has 0 saturated carbocycles. The van der Waals surface area contributed by atoms with Crippen molar-refractivity contribution in [3.8, 4) is 0 Å². The van der Waals surface area contributed by atoms with Crippen LogP contribution in [-0.2, 0) is 14.8 Å². The molecule has 116 valence electrons. The van der Waals surface area contributed by atoms with E-state index in [1.54, 1.807) is 0 Å². The highest BCUT2D eigenvalue weighted by atomic mass is 32.2. The molecule has 0 atom stereocenters.